The van der Waals surface area contributed by atoms with Crippen LogP contribution in [0.3, 0.4) is 0 Å². The number of aliphatic hydroxyl groups excluding tert-OH is 1. The lowest BCUT2D eigenvalue weighted by Crippen LogP contribution is -2.32. The van der Waals surface area contributed by atoms with Crippen molar-refractivity contribution in [3.63, 3.8) is 0 Å². The molecule has 0 aromatic rings. The molecule has 1 heterocycles. The molecule has 0 bridgehead atoms. The number of aliphatic hydroxyl groups is 1. The fourth-order valence-electron chi connectivity index (χ4n) is 1.40. The van der Waals surface area contributed by atoms with Crippen molar-refractivity contribution in [2.24, 2.45) is 5.92 Å². The van der Waals surface area contributed by atoms with Crippen LogP contribution in [-0.4, -0.2) is 34.5 Å². The summed E-state index contributed by atoms with van der Waals surface area (Å²) >= 11 is 0. The Morgan fingerprint density at radius 2 is 2.23 bits per heavy atom. The Hall–Kier alpha value is -0.900. The maximum absolute atomic E-state index is 11.4. The number of hydrogen-bond acceptors (Lipinski definition) is 3. The Morgan fingerprint density at radius 1 is 1.62 bits per heavy atom. The lowest BCUT2D eigenvalue weighted by Gasteiger charge is -2.14. The number of amides is 2. The molecule has 1 rings (SSSR count). The molecule has 1 saturated heterocycles. The molecule has 1 aliphatic heterocycles. The number of imide groups is 1. The van der Waals surface area contributed by atoms with Crippen molar-refractivity contribution in [2.45, 2.75) is 32.8 Å². The van der Waals surface area contributed by atoms with Crippen molar-refractivity contribution in [1.82, 2.24) is 4.90 Å². The molecule has 0 aromatic carbocycles. The zero-order chi connectivity index (χ0) is 10.0. The third kappa shape index (κ3) is 2.28. The highest BCUT2D eigenvalue weighted by Gasteiger charge is 2.34. The molecule has 1 fully saturated rings. The van der Waals surface area contributed by atoms with Crippen LogP contribution in [-0.2, 0) is 9.59 Å². The van der Waals surface area contributed by atoms with Gasteiger partial charge in [-0.25, -0.2) is 0 Å². The Bertz CT molecular complexity index is 225. The fraction of sp³-hybridized carbons (Fsp3) is 0.778. The van der Waals surface area contributed by atoms with Crippen molar-refractivity contribution in [3.8, 4) is 0 Å². The second-order valence-electron chi connectivity index (χ2n) is 3.63. The molecule has 0 radical (unpaired) electrons. The first-order valence-corrected chi connectivity index (χ1v) is 4.54. The predicted octanol–water partition coefficient (Wildman–Crippen LogP) is 0.152. The highest BCUT2D eigenvalue weighted by atomic mass is 16.3. The van der Waals surface area contributed by atoms with Crippen molar-refractivity contribution < 1.29 is 14.7 Å². The zero-order valence-electron chi connectivity index (χ0n) is 7.99. The van der Waals surface area contributed by atoms with E-state index in [2.05, 4.69) is 0 Å². The van der Waals surface area contributed by atoms with Gasteiger partial charge in [-0.1, -0.05) is 6.92 Å². The molecule has 4 nitrogen and oxygen atoms in total. The average Bonchev–Trinajstić information content (AvgIpc) is 2.24. The minimum atomic E-state index is -0.462. The van der Waals surface area contributed by atoms with Crippen LogP contribution in [0.5, 0.6) is 0 Å². The molecule has 4 heteroatoms. The Balaban J connectivity index is 2.49. The van der Waals surface area contributed by atoms with E-state index in [4.69, 9.17) is 5.11 Å². The van der Waals surface area contributed by atoms with Crippen LogP contribution in [0, 0.1) is 5.92 Å². The zero-order valence-corrected chi connectivity index (χ0v) is 7.99. The lowest BCUT2D eigenvalue weighted by molar-refractivity contribution is -0.139. The molecule has 2 atom stereocenters. The molecule has 0 aromatic heterocycles. The highest BCUT2D eigenvalue weighted by Crippen LogP contribution is 2.18. The van der Waals surface area contributed by atoms with Gasteiger partial charge in [0.1, 0.15) is 0 Å². The predicted molar refractivity (Wildman–Crippen MR) is 46.8 cm³/mol. The third-order valence-electron chi connectivity index (χ3n) is 2.24. The molecule has 0 aliphatic carbocycles. The van der Waals surface area contributed by atoms with Gasteiger partial charge >= 0.3 is 0 Å². The summed E-state index contributed by atoms with van der Waals surface area (Å²) in [5, 5.41) is 9.00. The van der Waals surface area contributed by atoms with Gasteiger partial charge in [0.2, 0.25) is 11.8 Å². The van der Waals surface area contributed by atoms with Gasteiger partial charge in [0.25, 0.3) is 0 Å². The Kier molecular flexibility index (Phi) is 3.03. The van der Waals surface area contributed by atoms with E-state index in [9.17, 15) is 9.59 Å². The number of nitrogens with zero attached hydrogens (tertiary/aromatic N) is 1. The van der Waals surface area contributed by atoms with Gasteiger partial charge in [0.05, 0.1) is 6.10 Å². The van der Waals surface area contributed by atoms with Gasteiger partial charge in [-0.3, -0.25) is 14.5 Å². The monoisotopic (exact) mass is 185 g/mol. The number of likely N-dealkylation sites (tertiary alicyclic amines) is 1. The minimum Gasteiger partial charge on any atom is -0.393 e. The molecule has 2 amide bonds. The minimum absolute atomic E-state index is 0.106. The average molecular weight is 185 g/mol. The normalized spacial score (nSPS) is 25.5. The van der Waals surface area contributed by atoms with Gasteiger partial charge in [0, 0.05) is 18.9 Å². The summed E-state index contributed by atoms with van der Waals surface area (Å²) in [4.78, 5) is 23.8. The van der Waals surface area contributed by atoms with E-state index in [1.165, 1.54) is 4.90 Å². The van der Waals surface area contributed by atoms with E-state index < -0.39 is 6.10 Å². The standard InChI is InChI=1S/C9H15NO3/c1-6-5-8(12)10(9(6)13)4-3-7(2)11/h6-7,11H,3-5H2,1-2H3. The molecule has 1 aliphatic rings. The first-order chi connectivity index (χ1) is 6.02. The Morgan fingerprint density at radius 3 is 2.62 bits per heavy atom. The Labute approximate surface area is 77.5 Å². The van der Waals surface area contributed by atoms with Crippen LogP contribution in [0.15, 0.2) is 0 Å². The molecule has 2 unspecified atom stereocenters. The van der Waals surface area contributed by atoms with E-state index >= 15 is 0 Å². The summed E-state index contributed by atoms with van der Waals surface area (Å²) in [6.45, 7) is 3.75. The number of carbonyl (C=O) groups excluding carboxylic acids is 2. The summed E-state index contributed by atoms with van der Waals surface area (Å²) in [5.74, 6) is -0.398. The topological polar surface area (TPSA) is 57.6 Å². The van der Waals surface area contributed by atoms with Gasteiger partial charge in [0.15, 0.2) is 0 Å². The molecular formula is C9H15NO3. The molecule has 13 heavy (non-hydrogen) atoms. The summed E-state index contributed by atoms with van der Waals surface area (Å²) in [5.41, 5.74) is 0. The third-order valence-corrected chi connectivity index (χ3v) is 2.24. The first kappa shape index (κ1) is 10.2. The van der Waals surface area contributed by atoms with Crippen molar-refractivity contribution in [3.05, 3.63) is 0 Å². The van der Waals surface area contributed by atoms with Crippen molar-refractivity contribution >= 4 is 11.8 Å². The maximum atomic E-state index is 11.4. The summed E-state index contributed by atoms with van der Waals surface area (Å²) < 4.78 is 0. The quantitative estimate of drug-likeness (QED) is 0.637. The van der Waals surface area contributed by atoms with Crippen LogP contribution in [0.4, 0.5) is 0 Å². The van der Waals surface area contributed by atoms with Crippen LogP contribution in [0.25, 0.3) is 0 Å². The van der Waals surface area contributed by atoms with Gasteiger partial charge in [-0.15, -0.1) is 0 Å². The second kappa shape index (κ2) is 3.87. The summed E-state index contributed by atoms with van der Waals surface area (Å²) in [6, 6.07) is 0. The van der Waals surface area contributed by atoms with Crippen LogP contribution >= 0.6 is 0 Å². The largest absolute Gasteiger partial charge is 0.393 e. The van der Waals surface area contributed by atoms with Gasteiger partial charge in [-0.2, -0.15) is 0 Å². The lowest BCUT2D eigenvalue weighted by atomic mass is 10.1. The van der Waals surface area contributed by atoms with Crippen molar-refractivity contribution in [2.75, 3.05) is 6.54 Å². The van der Waals surface area contributed by atoms with Crippen LogP contribution in [0.2, 0.25) is 0 Å². The fourth-order valence-corrected chi connectivity index (χ4v) is 1.40. The second-order valence-corrected chi connectivity index (χ2v) is 3.63. The van der Waals surface area contributed by atoms with Crippen LogP contribution in [0.1, 0.15) is 26.7 Å². The number of rotatable bonds is 3. The molecule has 0 saturated carbocycles. The highest BCUT2D eigenvalue weighted by molar-refractivity contribution is 6.03. The maximum Gasteiger partial charge on any atom is 0.232 e. The van der Waals surface area contributed by atoms with Crippen molar-refractivity contribution in [1.29, 1.82) is 0 Å². The van der Waals surface area contributed by atoms with Gasteiger partial charge in [-0.05, 0) is 13.3 Å². The molecular weight excluding hydrogens is 170 g/mol. The number of carbonyl (C=O) groups is 2. The smallest absolute Gasteiger partial charge is 0.232 e. The first-order valence-electron chi connectivity index (χ1n) is 4.54. The van der Waals surface area contributed by atoms with Gasteiger partial charge < -0.3 is 5.11 Å². The molecule has 1 N–H and O–H groups in total. The summed E-state index contributed by atoms with van der Waals surface area (Å²) in [7, 11) is 0. The SMILES string of the molecule is CC(O)CCN1C(=O)CC(C)C1=O. The molecule has 74 valence electrons. The number of hydrogen-bond donors (Lipinski definition) is 1. The van der Waals surface area contributed by atoms with E-state index in [0.29, 0.717) is 19.4 Å². The molecule has 0 spiro atoms. The van der Waals surface area contributed by atoms with Crippen LogP contribution < -0.4 is 0 Å². The van der Waals surface area contributed by atoms with E-state index in [0.717, 1.165) is 0 Å². The van der Waals surface area contributed by atoms with E-state index in [1.807, 2.05) is 0 Å². The van der Waals surface area contributed by atoms with E-state index in [1.54, 1.807) is 13.8 Å². The van der Waals surface area contributed by atoms with E-state index in [-0.39, 0.29) is 17.7 Å². The summed E-state index contributed by atoms with van der Waals surface area (Å²) in [6.07, 6.45) is 0.319.